The van der Waals surface area contributed by atoms with Gasteiger partial charge in [0.25, 0.3) is 5.56 Å². The number of ether oxygens (including phenoxy) is 1. The van der Waals surface area contributed by atoms with Crippen molar-refractivity contribution in [2.75, 3.05) is 18.7 Å². The van der Waals surface area contributed by atoms with Gasteiger partial charge >= 0.3 is 11.7 Å². The third-order valence-corrected chi connectivity index (χ3v) is 4.08. The number of imidazole rings is 1. The second kappa shape index (κ2) is 6.19. The lowest BCUT2D eigenvalue weighted by molar-refractivity contribution is -0.139. The molecule has 0 unspecified atom stereocenters. The molecule has 0 bridgehead atoms. The van der Waals surface area contributed by atoms with Gasteiger partial charge in [-0.15, -0.1) is 0 Å². The third kappa shape index (κ3) is 2.63. The fraction of sp³-hybridized carbons (Fsp3) is 0.533. The van der Waals surface area contributed by atoms with Gasteiger partial charge in [0.15, 0.2) is 11.2 Å². The van der Waals surface area contributed by atoms with Crippen molar-refractivity contribution in [2.45, 2.75) is 33.4 Å². The van der Waals surface area contributed by atoms with Gasteiger partial charge in [-0.1, -0.05) is 6.92 Å². The highest BCUT2D eigenvalue weighted by molar-refractivity contribution is 5.89. The summed E-state index contributed by atoms with van der Waals surface area (Å²) in [6.45, 7) is 4.26. The minimum Gasteiger partial charge on any atom is -0.468 e. The van der Waals surface area contributed by atoms with Crippen LogP contribution < -0.4 is 16.3 Å². The highest BCUT2D eigenvalue weighted by atomic mass is 16.5. The maximum absolute atomic E-state index is 12.9. The number of hydrogen-bond acceptors (Lipinski definition) is 7. The van der Waals surface area contributed by atoms with E-state index in [4.69, 9.17) is 0 Å². The van der Waals surface area contributed by atoms with Gasteiger partial charge in [-0.2, -0.15) is 10.1 Å². The van der Waals surface area contributed by atoms with Gasteiger partial charge in [0, 0.05) is 13.6 Å². The van der Waals surface area contributed by atoms with Crippen LogP contribution in [0.2, 0.25) is 0 Å². The molecule has 0 aromatic carbocycles. The average Bonchev–Trinajstić information content (AvgIpc) is 2.96. The summed E-state index contributed by atoms with van der Waals surface area (Å²) in [5.74, 6) is -0.137. The van der Waals surface area contributed by atoms with Crippen molar-refractivity contribution >= 4 is 28.8 Å². The first-order valence-electron chi connectivity index (χ1n) is 7.97. The monoisotopic (exact) mass is 348 g/mol. The fourth-order valence-corrected chi connectivity index (χ4v) is 2.93. The Morgan fingerprint density at radius 2 is 2.04 bits per heavy atom. The molecule has 0 N–H and O–H groups in total. The number of methoxy groups -OCH3 is 1. The molecule has 10 nitrogen and oxygen atoms in total. The van der Waals surface area contributed by atoms with Crippen molar-refractivity contribution in [1.29, 1.82) is 0 Å². The summed E-state index contributed by atoms with van der Waals surface area (Å²) in [5, 5.41) is 5.70. The van der Waals surface area contributed by atoms with E-state index in [9.17, 15) is 14.4 Å². The van der Waals surface area contributed by atoms with Crippen LogP contribution in [0.3, 0.4) is 0 Å². The Balaban J connectivity index is 2.28. The normalized spacial score (nSPS) is 13.8. The molecule has 0 fully saturated rings. The lowest BCUT2D eigenvalue weighted by Crippen LogP contribution is -2.40. The zero-order valence-corrected chi connectivity index (χ0v) is 14.6. The van der Waals surface area contributed by atoms with Crippen molar-refractivity contribution in [3.8, 4) is 0 Å². The first-order valence-corrected chi connectivity index (χ1v) is 7.97. The third-order valence-electron chi connectivity index (χ3n) is 4.08. The molecule has 134 valence electrons. The van der Waals surface area contributed by atoms with E-state index in [1.807, 2.05) is 6.92 Å². The molecule has 2 aromatic heterocycles. The minimum atomic E-state index is -0.477. The number of fused-ring (bicyclic) bond motifs is 3. The number of rotatable bonds is 4. The summed E-state index contributed by atoms with van der Waals surface area (Å²) >= 11 is 0. The predicted molar refractivity (Wildman–Crippen MR) is 92.0 cm³/mol. The van der Waals surface area contributed by atoms with Crippen molar-refractivity contribution in [1.82, 2.24) is 18.7 Å². The highest BCUT2D eigenvalue weighted by Crippen LogP contribution is 2.23. The van der Waals surface area contributed by atoms with Crippen molar-refractivity contribution in [2.24, 2.45) is 12.1 Å². The summed E-state index contributed by atoms with van der Waals surface area (Å²) in [7, 11) is 2.87. The van der Waals surface area contributed by atoms with E-state index in [1.54, 1.807) is 18.5 Å². The lowest BCUT2D eigenvalue weighted by Gasteiger charge is -2.23. The van der Waals surface area contributed by atoms with Gasteiger partial charge in [-0.05, 0) is 13.3 Å². The van der Waals surface area contributed by atoms with Crippen molar-refractivity contribution in [3.63, 3.8) is 0 Å². The Morgan fingerprint density at radius 1 is 1.32 bits per heavy atom. The Bertz CT molecular complexity index is 996. The van der Waals surface area contributed by atoms with Gasteiger partial charge in [0.2, 0.25) is 5.95 Å². The zero-order chi connectivity index (χ0) is 18.3. The highest BCUT2D eigenvalue weighted by Gasteiger charge is 2.27. The van der Waals surface area contributed by atoms with Crippen LogP contribution in [0, 0.1) is 0 Å². The van der Waals surface area contributed by atoms with Gasteiger partial charge in [-0.25, -0.2) is 9.80 Å². The van der Waals surface area contributed by atoms with Gasteiger partial charge < -0.3 is 4.74 Å². The Kier molecular flexibility index (Phi) is 4.19. The SMILES string of the molecule is CCCn1c(=O)c2c(nc3n2CC(C)=NN3CC(=O)OC)n(C)c1=O. The molecule has 0 saturated heterocycles. The van der Waals surface area contributed by atoms with Crippen LogP contribution >= 0.6 is 0 Å². The molecule has 1 aliphatic heterocycles. The van der Waals surface area contributed by atoms with Crippen molar-refractivity contribution < 1.29 is 9.53 Å². The molecular formula is C15H20N6O4. The predicted octanol–water partition coefficient (Wildman–Crippen LogP) is -0.324. The summed E-state index contributed by atoms with van der Waals surface area (Å²) in [6.07, 6.45) is 0.663. The molecule has 3 rings (SSSR count). The van der Waals surface area contributed by atoms with Crippen LogP contribution in [0.4, 0.5) is 5.95 Å². The number of aromatic nitrogens is 4. The summed E-state index contributed by atoms with van der Waals surface area (Å²) in [4.78, 5) is 41.3. The van der Waals surface area contributed by atoms with Gasteiger partial charge in [0.05, 0.1) is 19.4 Å². The van der Waals surface area contributed by atoms with Crippen LogP contribution in [0.15, 0.2) is 14.7 Å². The number of hydrazone groups is 1. The quantitative estimate of drug-likeness (QED) is 0.701. The van der Waals surface area contributed by atoms with E-state index in [1.165, 1.54) is 21.3 Å². The zero-order valence-electron chi connectivity index (χ0n) is 14.6. The second-order valence-corrected chi connectivity index (χ2v) is 5.94. The molecule has 10 heteroatoms. The van der Waals surface area contributed by atoms with E-state index < -0.39 is 11.7 Å². The van der Waals surface area contributed by atoms with Crippen LogP contribution in [-0.4, -0.2) is 44.0 Å². The molecule has 3 heterocycles. The topological polar surface area (TPSA) is 104 Å². The van der Waals surface area contributed by atoms with E-state index in [2.05, 4.69) is 14.8 Å². The smallest absolute Gasteiger partial charge is 0.332 e. The first kappa shape index (κ1) is 16.9. The molecule has 1 aliphatic rings. The van der Waals surface area contributed by atoms with E-state index in [-0.39, 0.29) is 17.8 Å². The Morgan fingerprint density at radius 3 is 2.68 bits per heavy atom. The van der Waals surface area contributed by atoms with Gasteiger partial charge in [0.1, 0.15) is 6.54 Å². The van der Waals surface area contributed by atoms with Gasteiger partial charge in [-0.3, -0.25) is 23.3 Å². The van der Waals surface area contributed by atoms with E-state index in [0.717, 1.165) is 0 Å². The maximum atomic E-state index is 12.9. The maximum Gasteiger partial charge on any atom is 0.332 e. The van der Waals surface area contributed by atoms with Crippen LogP contribution in [0.25, 0.3) is 11.2 Å². The molecule has 0 amide bonds. The molecule has 0 saturated carbocycles. The summed E-state index contributed by atoms with van der Waals surface area (Å²) in [5.41, 5.74) is 0.524. The standard InChI is InChI=1S/C15H20N6O4/c1-5-6-19-13(23)11-12(18(3)15(19)24)16-14-20(11)7-9(2)17-21(14)8-10(22)25-4/h5-8H2,1-4H3. The summed E-state index contributed by atoms with van der Waals surface area (Å²) in [6, 6.07) is 0. The minimum absolute atomic E-state index is 0.131. The largest absolute Gasteiger partial charge is 0.468 e. The van der Waals surface area contributed by atoms with E-state index >= 15 is 0 Å². The number of esters is 1. The molecule has 0 aliphatic carbocycles. The second-order valence-electron chi connectivity index (χ2n) is 5.94. The number of aryl methyl sites for hydroxylation is 1. The molecule has 0 spiro atoms. The fourth-order valence-electron chi connectivity index (χ4n) is 2.93. The lowest BCUT2D eigenvalue weighted by atomic mass is 10.3. The number of anilines is 1. The summed E-state index contributed by atoms with van der Waals surface area (Å²) < 4.78 is 8.94. The molecule has 0 atom stereocenters. The molecule has 0 radical (unpaired) electrons. The Hall–Kier alpha value is -2.91. The number of nitrogens with zero attached hydrogens (tertiary/aromatic N) is 6. The number of carbonyl (C=O) groups is 1. The van der Waals surface area contributed by atoms with Crippen LogP contribution in [-0.2, 0) is 29.7 Å². The molecule has 25 heavy (non-hydrogen) atoms. The number of carbonyl (C=O) groups excluding carboxylic acids is 1. The van der Waals surface area contributed by atoms with Crippen molar-refractivity contribution in [3.05, 3.63) is 20.8 Å². The van der Waals surface area contributed by atoms with Crippen LogP contribution in [0.5, 0.6) is 0 Å². The first-order chi connectivity index (χ1) is 11.9. The molecule has 2 aromatic rings. The Labute approximate surface area is 142 Å². The van der Waals surface area contributed by atoms with E-state index in [0.29, 0.717) is 36.7 Å². The molecular weight excluding hydrogens is 328 g/mol. The number of hydrogen-bond donors (Lipinski definition) is 0. The van der Waals surface area contributed by atoms with Crippen LogP contribution in [0.1, 0.15) is 20.3 Å². The average molecular weight is 348 g/mol.